The number of carbonyl (C=O) groups is 1. The molecule has 1 aromatic carbocycles. The maximum atomic E-state index is 12.1. The fourth-order valence-electron chi connectivity index (χ4n) is 2.19. The molecule has 0 radical (unpaired) electrons. The van der Waals surface area contributed by atoms with Gasteiger partial charge in [0.25, 0.3) is 0 Å². The molecule has 0 fully saturated rings. The van der Waals surface area contributed by atoms with Gasteiger partial charge in [0, 0.05) is 0 Å². The number of quaternary nitrogens is 1. The Bertz CT molecular complexity index is 629. The van der Waals surface area contributed by atoms with Gasteiger partial charge < -0.3 is 10.2 Å². The van der Waals surface area contributed by atoms with Crippen LogP contribution in [0.1, 0.15) is 16.5 Å². The minimum Gasteiger partial charge on any atom is -0.349 e. The Morgan fingerprint density at radius 1 is 1.27 bits per heavy atom. The maximum Gasteiger partial charge on any atom is 0.224 e. The third-order valence-electron chi connectivity index (χ3n) is 3.44. The fourth-order valence-corrected chi connectivity index (χ4v) is 3.47. The highest BCUT2D eigenvalue weighted by Gasteiger charge is 2.19. The molecule has 3 nitrogen and oxygen atoms in total. The number of hydrogen-bond donors (Lipinski definition) is 2. The highest BCUT2D eigenvalue weighted by atomic mass is 35.5. The largest absolute Gasteiger partial charge is 0.349 e. The molecule has 2 rings (SSSR count). The summed E-state index contributed by atoms with van der Waals surface area (Å²) in [5.74, 6) is -0.0128. The van der Waals surface area contributed by atoms with Crippen molar-refractivity contribution in [3.05, 3.63) is 56.2 Å². The zero-order valence-corrected chi connectivity index (χ0v) is 14.9. The molecule has 6 heteroatoms. The average molecular weight is 358 g/mol. The molecule has 0 bridgehead atoms. The Morgan fingerprint density at radius 3 is 2.64 bits per heavy atom. The number of amides is 1. The molecule has 0 saturated heterocycles. The lowest BCUT2D eigenvalue weighted by Crippen LogP contribution is -3.06. The van der Waals surface area contributed by atoms with Gasteiger partial charge in [-0.2, -0.15) is 0 Å². The van der Waals surface area contributed by atoms with Crippen LogP contribution in [0.25, 0.3) is 0 Å². The zero-order valence-electron chi connectivity index (χ0n) is 12.5. The number of rotatable bonds is 6. The molecule has 1 amide bonds. The second-order valence-electron chi connectivity index (χ2n) is 5.37. The third kappa shape index (κ3) is 4.71. The van der Waals surface area contributed by atoms with E-state index in [4.69, 9.17) is 23.2 Å². The lowest BCUT2D eigenvalue weighted by atomic mass is 10.1. The van der Waals surface area contributed by atoms with E-state index in [2.05, 4.69) is 30.9 Å². The first-order valence-corrected chi connectivity index (χ1v) is 8.65. The van der Waals surface area contributed by atoms with Crippen molar-refractivity contribution in [2.75, 3.05) is 20.6 Å². The van der Waals surface area contributed by atoms with Crippen LogP contribution in [0.15, 0.2) is 35.7 Å². The summed E-state index contributed by atoms with van der Waals surface area (Å²) in [6.07, 6.45) is 0.302. The van der Waals surface area contributed by atoms with Crippen molar-refractivity contribution in [3.63, 3.8) is 0 Å². The number of benzene rings is 1. The fraction of sp³-hybridized carbons (Fsp3) is 0.312. The molecule has 0 aliphatic carbocycles. The number of nitrogens with one attached hydrogen (secondary N) is 2. The first kappa shape index (κ1) is 17.3. The monoisotopic (exact) mass is 357 g/mol. The predicted octanol–water partition coefficient (Wildman–Crippen LogP) is 2.60. The molecule has 0 saturated carbocycles. The Balaban J connectivity index is 1.92. The molecule has 0 aliphatic rings. The molecule has 118 valence electrons. The van der Waals surface area contributed by atoms with Crippen LogP contribution in [0.2, 0.25) is 10.0 Å². The summed E-state index contributed by atoms with van der Waals surface area (Å²) in [7, 11) is 4.19. The highest BCUT2D eigenvalue weighted by Crippen LogP contribution is 2.22. The molecule has 2 aromatic rings. The summed E-state index contributed by atoms with van der Waals surface area (Å²) < 4.78 is 0. The summed E-state index contributed by atoms with van der Waals surface area (Å²) in [6, 6.07) is 9.67. The number of halogens is 2. The topological polar surface area (TPSA) is 33.5 Å². The van der Waals surface area contributed by atoms with E-state index in [0.29, 0.717) is 23.0 Å². The van der Waals surface area contributed by atoms with Crippen LogP contribution in [-0.2, 0) is 11.2 Å². The van der Waals surface area contributed by atoms with Crippen LogP contribution in [0, 0.1) is 0 Å². The van der Waals surface area contributed by atoms with Gasteiger partial charge in [0.05, 0.1) is 42.0 Å². The van der Waals surface area contributed by atoms with Crippen molar-refractivity contribution in [3.8, 4) is 0 Å². The lowest BCUT2D eigenvalue weighted by Gasteiger charge is -2.20. The van der Waals surface area contributed by atoms with Gasteiger partial charge in [-0.3, -0.25) is 4.79 Å². The summed E-state index contributed by atoms with van der Waals surface area (Å²) in [6.45, 7) is 0.614. The van der Waals surface area contributed by atoms with Crippen molar-refractivity contribution in [2.24, 2.45) is 0 Å². The van der Waals surface area contributed by atoms with E-state index >= 15 is 0 Å². The van der Waals surface area contributed by atoms with Crippen molar-refractivity contribution in [1.29, 1.82) is 0 Å². The zero-order chi connectivity index (χ0) is 16.1. The SMILES string of the molecule is C[NH+](C)[C@@H](CNC(=O)Cc1ccc(Cl)c(Cl)c1)c1cccs1. The van der Waals surface area contributed by atoms with Crippen LogP contribution in [0.5, 0.6) is 0 Å². The van der Waals surface area contributed by atoms with Gasteiger partial charge in [0.2, 0.25) is 5.91 Å². The van der Waals surface area contributed by atoms with Gasteiger partial charge in [-0.05, 0) is 29.1 Å². The summed E-state index contributed by atoms with van der Waals surface area (Å²) >= 11 is 13.6. The van der Waals surface area contributed by atoms with Gasteiger partial charge in [-0.15, -0.1) is 11.3 Å². The molecule has 0 aliphatic heterocycles. The number of hydrogen-bond acceptors (Lipinski definition) is 2. The number of likely N-dealkylation sites (N-methyl/N-ethyl adjacent to an activating group) is 1. The highest BCUT2D eigenvalue weighted by molar-refractivity contribution is 7.10. The van der Waals surface area contributed by atoms with Crippen LogP contribution in [-0.4, -0.2) is 26.5 Å². The maximum absolute atomic E-state index is 12.1. The standard InChI is InChI=1S/C16H18Cl2N2OS/c1-20(2)14(15-4-3-7-22-15)10-19-16(21)9-11-5-6-12(17)13(18)8-11/h3-8,14H,9-10H2,1-2H3,(H,19,21)/p+1/t14-/m0/s1. The molecule has 2 N–H and O–H groups in total. The Kier molecular flexibility index (Phi) is 6.26. The Morgan fingerprint density at radius 2 is 2.05 bits per heavy atom. The molecule has 1 heterocycles. The van der Waals surface area contributed by atoms with E-state index in [1.807, 2.05) is 12.1 Å². The smallest absolute Gasteiger partial charge is 0.224 e. The van der Waals surface area contributed by atoms with Crippen LogP contribution < -0.4 is 10.2 Å². The van der Waals surface area contributed by atoms with Gasteiger partial charge in [0.15, 0.2) is 0 Å². The lowest BCUT2D eigenvalue weighted by molar-refractivity contribution is -0.890. The van der Waals surface area contributed by atoms with Gasteiger partial charge >= 0.3 is 0 Å². The van der Waals surface area contributed by atoms with E-state index < -0.39 is 0 Å². The van der Waals surface area contributed by atoms with Crippen molar-refractivity contribution >= 4 is 40.4 Å². The molecular formula is C16H19Cl2N2OS+. The Labute approximate surface area is 144 Å². The van der Waals surface area contributed by atoms with E-state index in [0.717, 1.165) is 5.56 Å². The number of carbonyl (C=O) groups excluding carboxylic acids is 1. The van der Waals surface area contributed by atoms with E-state index in [1.54, 1.807) is 23.5 Å². The van der Waals surface area contributed by atoms with Crippen LogP contribution in [0.3, 0.4) is 0 Å². The van der Waals surface area contributed by atoms with Crippen molar-refractivity contribution in [2.45, 2.75) is 12.5 Å². The molecule has 1 atom stereocenters. The van der Waals surface area contributed by atoms with Gasteiger partial charge in [-0.25, -0.2) is 0 Å². The quantitative estimate of drug-likeness (QED) is 0.818. The minimum absolute atomic E-state index is 0.0128. The second-order valence-corrected chi connectivity index (χ2v) is 7.17. The molecular weight excluding hydrogens is 339 g/mol. The second kappa shape index (κ2) is 7.97. The van der Waals surface area contributed by atoms with Gasteiger partial charge in [0.1, 0.15) is 6.04 Å². The van der Waals surface area contributed by atoms with Crippen molar-refractivity contribution in [1.82, 2.24) is 5.32 Å². The Hall–Kier alpha value is -1.07. The minimum atomic E-state index is -0.0128. The third-order valence-corrected chi connectivity index (χ3v) is 5.16. The first-order valence-electron chi connectivity index (χ1n) is 7.01. The van der Waals surface area contributed by atoms with Crippen LogP contribution in [0.4, 0.5) is 0 Å². The molecule has 0 spiro atoms. The normalized spacial score (nSPS) is 12.4. The number of thiophene rings is 1. The summed E-state index contributed by atoms with van der Waals surface area (Å²) in [4.78, 5) is 14.7. The molecule has 22 heavy (non-hydrogen) atoms. The molecule has 1 aromatic heterocycles. The van der Waals surface area contributed by atoms with Crippen LogP contribution >= 0.6 is 34.5 Å². The van der Waals surface area contributed by atoms with Crippen molar-refractivity contribution < 1.29 is 9.69 Å². The van der Waals surface area contributed by atoms with E-state index in [9.17, 15) is 4.79 Å². The average Bonchev–Trinajstić information content (AvgIpc) is 2.97. The van der Waals surface area contributed by atoms with Gasteiger partial charge in [-0.1, -0.05) is 35.3 Å². The van der Waals surface area contributed by atoms with E-state index in [1.165, 1.54) is 9.78 Å². The molecule has 0 unspecified atom stereocenters. The first-order chi connectivity index (χ1) is 10.5. The summed E-state index contributed by atoms with van der Waals surface area (Å²) in [5.41, 5.74) is 0.858. The summed E-state index contributed by atoms with van der Waals surface area (Å²) in [5, 5.41) is 6.04. The van der Waals surface area contributed by atoms with E-state index in [-0.39, 0.29) is 11.9 Å². The predicted molar refractivity (Wildman–Crippen MR) is 93.0 cm³/mol.